The molecular formula is C29H38O9. The summed E-state index contributed by atoms with van der Waals surface area (Å²) in [6, 6.07) is 0. The van der Waals surface area contributed by atoms with E-state index in [1.165, 1.54) is 0 Å². The van der Waals surface area contributed by atoms with Crippen molar-refractivity contribution in [2.45, 2.75) is 108 Å². The summed E-state index contributed by atoms with van der Waals surface area (Å²) in [4.78, 5) is 37.7. The molecule has 0 radical (unpaired) electrons. The Bertz CT molecular complexity index is 1100. The molecular weight excluding hydrogens is 492 g/mol. The minimum Gasteiger partial charge on any atom is -0.458 e. The van der Waals surface area contributed by atoms with Crippen molar-refractivity contribution in [2.75, 3.05) is 6.61 Å². The molecule has 0 unspecified atom stereocenters. The van der Waals surface area contributed by atoms with Crippen molar-refractivity contribution in [2.24, 2.45) is 34.5 Å². The summed E-state index contributed by atoms with van der Waals surface area (Å²) >= 11 is 0. The van der Waals surface area contributed by atoms with Crippen molar-refractivity contribution in [3.05, 3.63) is 11.6 Å². The molecule has 4 saturated carbocycles. The molecule has 0 aromatic carbocycles. The molecule has 7 aliphatic rings. The van der Waals surface area contributed by atoms with E-state index in [-0.39, 0.29) is 48.3 Å². The van der Waals surface area contributed by atoms with E-state index in [0.717, 1.165) is 44.0 Å². The van der Waals surface area contributed by atoms with Crippen LogP contribution < -0.4 is 0 Å². The van der Waals surface area contributed by atoms with Gasteiger partial charge in [-0.3, -0.25) is 4.79 Å². The fraction of sp³-hybridized carbons (Fsp3) is 0.828. The van der Waals surface area contributed by atoms with E-state index in [1.54, 1.807) is 13.0 Å². The molecule has 3 heterocycles. The first-order valence-electron chi connectivity index (χ1n) is 14.3. The lowest BCUT2D eigenvalue weighted by Gasteiger charge is -2.64. The number of ether oxygens (including phenoxy) is 4. The van der Waals surface area contributed by atoms with E-state index in [9.17, 15) is 24.6 Å². The maximum absolute atomic E-state index is 13.1. The molecule has 0 aromatic heterocycles. The van der Waals surface area contributed by atoms with E-state index >= 15 is 0 Å². The Labute approximate surface area is 222 Å². The van der Waals surface area contributed by atoms with Crippen LogP contribution in [0.5, 0.6) is 0 Å². The number of hydrogen-bond acceptors (Lipinski definition) is 9. The summed E-state index contributed by atoms with van der Waals surface area (Å²) in [6.07, 6.45) is 5.80. The number of ketones is 1. The molecule has 9 nitrogen and oxygen atoms in total. The monoisotopic (exact) mass is 530 g/mol. The second-order valence-electron chi connectivity index (χ2n) is 13.4. The van der Waals surface area contributed by atoms with Crippen LogP contribution in [0.15, 0.2) is 11.6 Å². The molecule has 6 fully saturated rings. The molecule has 7 rings (SSSR count). The van der Waals surface area contributed by atoms with Gasteiger partial charge < -0.3 is 34.0 Å². The van der Waals surface area contributed by atoms with E-state index < -0.39 is 40.4 Å². The van der Waals surface area contributed by atoms with Gasteiger partial charge in [-0.2, -0.15) is 0 Å². The molecule has 2 saturated heterocycles. The number of cyclic esters (lactones) is 1. The number of esters is 1. The van der Waals surface area contributed by atoms with Crippen molar-refractivity contribution in [1.82, 2.24) is 0 Å². The lowest BCUT2D eigenvalue weighted by Crippen LogP contribution is -2.70. The lowest BCUT2D eigenvalue weighted by molar-refractivity contribution is -0.413. The molecule has 4 aliphatic carbocycles. The summed E-state index contributed by atoms with van der Waals surface area (Å²) in [5, 5.41) is 23.6. The molecule has 38 heavy (non-hydrogen) atoms. The normalized spacial score (nSPS) is 55.5. The molecule has 3 aliphatic heterocycles. The molecule has 12 atom stereocenters. The number of Topliss-reactive ketones (excluding diaryl/α,β-unsaturated/α-hetero) is 1. The summed E-state index contributed by atoms with van der Waals surface area (Å²) in [5.41, 5.74) is -1.07. The van der Waals surface area contributed by atoms with Crippen molar-refractivity contribution >= 4 is 18.0 Å². The molecule has 208 valence electrons. The fourth-order valence-electron chi connectivity index (χ4n) is 10.1. The van der Waals surface area contributed by atoms with Crippen LogP contribution in [0.4, 0.5) is 0 Å². The Morgan fingerprint density at radius 3 is 2.58 bits per heavy atom. The highest BCUT2D eigenvalue weighted by molar-refractivity contribution is 5.87. The zero-order valence-electron chi connectivity index (χ0n) is 22.1. The van der Waals surface area contributed by atoms with Crippen LogP contribution in [0, 0.1) is 34.5 Å². The third-order valence-electron chi connectivity index (χ3n) is 11.9. The number of rotatable bonds is 2. The second kappa shape index (κ2) is 8.19. The molecule has 0 amide bonds. The first-order chi connectivity index (χ1) is 18.0. The van der Waals surface area contributed by atoms with Crippen LogP contribution in [0.2, 0.25) is 0 Å². The quantitative estimate of drug-likeness (QED) is 0.314. The fourth-order valence-corrected chi connectivity index (χ4v) is 10.1. The third-order valence-corrected chi connectivity index (χ3v) is 11.9. The van der Waals surface area contributed by atoms with Gasteiger partial charge in [-0.25, -0.2) is 4.79 Å². The third kappa shape index (κ3) is 3.14. The van der Waals surface area contributed by atoms with Crippen LogP contribution in [0.3, 0.4) is 0 Å². The smallest absolute Gasteiger partial charge is 0.331 e. The van der Waals surface area contributed by atoms with Gasteiger partial charge in [-0.1, -0.05) is 6.92 Å². The van der Waals surface area contributed by atoms with Gasteiger partial charge >= 0.3 is 5.97 Å². The van der Waals surface area contributed by atoms with E-state index in [4.69, 9.17) is 18.9 Å². The number of hydrogen-bond donors (Lipinski definition) is 2. The van der Waals surface area contributed by atoms with Crippen molar-refractivity contribution in [1.29, 1.82) is 0 Å². The maximum Gasteiger partial charge on any atom is 0.331 e. The van der Waals surface area contributed by atoms with Gasteiger partial charge in [0.2, 0.25) is 6.29 Å². The number of aliphatic hydroxyl groups is 2. The van der Waals surface area contributed by atoms with Crippen LogP contribution in [-0.2, 0) is 33.3 Å². The Kier molecular flexibility index (Phi) is 5.46. The second-order valence-corrected chi connectivity index (χ2v) is 13.4. The lowest BCUT2D eigenvalue weighted by atomic mass is 9.42. The number of carbonyl (C=O) groups excluding carboxylic acids is 3. The van der Waals surface area contributed by atoms with Gasteiger partial charge in [0.1, 0.15) is 12.9 Å². The minimum absolute atomic E-state index is 0.0266. The van der Waals surface area contributed by atoms with E-state index in [0.29, 0.717) is 25.9 Å². The molecule has 9 heteroatoms. The Balaban J connectivity index is 1.19. The Morgan fingerprint density at radius 2 is 1.84 bits per heavy atom. The average molecular weight is 531 g/mol. The first kappa shape index (κ1) is 25.3. The van der Waals surface area contributed by atoms with Gasteiger partial charge in [0.05, 0.1) is 23.9 Å². The molecule has 2 N–H and O–H groups in total. The molecule has 0 spiro atoms. The zero-order valence-corrected chi connectivity index (χ0v) is 22.1. The van der Waals surface area contributed by atoms with Gasteiger partial charge in [0.25, 0.3) is 5.79 Å². The van der Waals surface area contributed by atoms with E-state index in [2.05, 4.69) is 6.92 Å². The Hall–Kier alpha value is -1.65. The largest absolute Gasteiger partial charge is 0.458 e. The maximum atomic E-state index is 13.1. The summed E-state index contributed by atoms with van der Waals surface area (Å²) < 4.78 is 23.3. The first-order valence-corrected chi connectivity index (χ1v) is 14.3. The minimum atomic E-state index is -2.16. The summed E-state index contributed by atoms with van der Waals surface area (Å²) in [5.74, 6) is -2.84. The standard InChI is InChI=1S/C29H38O9/c1-15-9-23(31)29(34)25(36-15)37-21-11-17-3-4-20-19(27(17,14-30)12-22(21)38-29)5-7-26(2)18(6-8-28(20,26)33)16-10-24(32)35-13-16/h10,14-15,17-22,25,33-34H,3-9,11-13H2,1-2H3/t15-,17+,18-,19+,20-,21-,22-,25+,26-,27-,28+,29+/m1/s1. The predicted molar refractivity (Wildman–Crippen MR) is 130 cm³/mol. The SMILES string of the molecule is C[C@@H]1CC(=O)[C@]2(O)O[C@@H]3C[C@@]4(C=O)[C@@H](CC[C@@H]5[C@@H]4CC[C@]4(C)[C@@H](C6=CC(=O)OC6)CC[C@]54O)C[C@H]3O[C@@H]2O1. The van der Waals surface area contributed by atoms with Crippen LogP contribution in [0.1, 0.15) is 71.6 Å². The van der Waals surface area contributed by atoms with Gasteiger partial charge in [-0.15, -0.1) is 0 Å². The highest BCUT2D eigenvalue weighted by Gasteiger charge is 2.70. The zero-order chi connectivity index (χ0) is 26.7. The summed E-state index contributed by atoms with van der Waals surface area (Å²) in [7, 11) is 0. The Morgan fingerprint density at radius 1 is 1.03 bits per heavy atom. The molecule has 0 aromatic rings. The van der Waals surface area contributed by atoms with Gasteiger partial charge in [-0.05, 0) is 87.5 Å². The number of fused-ring (bicyclic) bond motifs is 7. The van der Waals surface area contributed by atoms with Crippen molar-refractivity contribution < 1.29 is 43.5 Å². The van der Waals surface area contributed by atoms with Crippen molar-refractivity contribution in [3.8, 4) is 0 Å². The highest BCUT2D eigenvalue weighted by atomic mass is 16.8. The number of aldehydes is 1. The highest BCUT2D eigenvalue weighted by Crippen LogP contribution is 2.70. The van der Waals surface area contributed by atoms with E-state index in [1.807, 2.05) is 0 Å². The topological polar surface area (TPSA) is 129 Å². The van der Waals surface area contributed by atoms with Gasteiger partial charge in [0.15, 0.2) is 5.78 Å². The summed E-state index contributed by atoms with van der Waals surface area (Å²) in [6.45, 7) is 4.23. The predicted octanol–water partition coefficient (Wildman–Crippen LogP) is 2.21. The van der Waals surface area contributed by atoms with Crippen LogP contribution in [-0.4, -0.2) is 70.8 Å². The van der Waals surface area contributed by atoms with Gasteiger partial charge in [0, 0.05) is 23.3 Å². The average Bonchev–Trinajstić information content (AvgIpc) is 3.42. The van der Waals surface area contributed by atoms with Crippen molar-refractivity contribution in [3.63, 3.8) is 0 Å². The van der Waals surface area contributed by atoms with Crippen LogP contribution in [0.25, 0.3) is 0 Å². The van der Waals surface area contributed by atoms with Crippen LogP contribution >= 0.6 is 0 Å². The number of carbonyl (C=O) groups is 3. The molecule has 0 bridgehead atoms.